The first-order valence-electron chi connectivity index (χ1n) is 13.6. The van der Waals surface area contributed by atoms with Crippen LogP contribution in [0.3, 0.4) is 0 Å². The fraction of sp³-hybridized carbons (Fsp3) is 0.467. The second kappa shape index (κ2) is 14.9. The van der Waals surface area contributed by atoms with Gasteiger partial charge in [-0.3, -0.25) is 9.59 Å². The van der Waals surface area contributed by atoms with E-state index >= 15 is 4.39 Å². The van der Waals surface area contributed by atoms with Crippen LogP contribution in [0.5, 0.6) is 0 Å². The van der Waals surface area contributed by atoms with Gasteiger partial charge in [0.05, 0.1) is 10.5 Å². The predicted octanol–water partition coefficient (Wildman–Crippen LogP) is 6.45. The third-order valence-electron chi connectivity index (χ3n) is 6.64. The Morgan fingerprint density at radius 1 is 0.976 bits per heavy atom. The third kappa shape index (κ3) is 8.94. The van der Waals surface area contributed by atoms with E-state index in [1.165, 1.54) is 24.3 Å². The van der Waals surface area contributed by atoms with Crippen molar-refractivity contribution in [2.75, 3.05) is 0 Å². The van der Waals surface area contributed by atoms with Crippen LogP contribution in [0.1, 0.15) is 82.0 Å². The lowest BCUT2D eigenvalue weighted by Crippen LogP contribution is -2.55. The Labute approximate surface area is 253 Å². The molecule has 2 rings (SSSR count). The van der Waals surface area contributed by atoms with E-state index in [4.69, 9.17) is 4.74 Å². The molecule has 2 aromatic carbocycles. The number of halogens is 2. The molecule has 3 N–H and O–H groups in total. The minimum Gasteiger partial charge on any atom is -0.479 e. The zero-order valence-corrected chi connectivity index (χ0v) is 26.4. The number of carboxylic acids is 1. The van der Waals surface area contributed by atoms with Crippen LogP contribution in [0.4, 0.5) is 8.78 Å². The molecule has 0 heterocycles. The Bertz CT molecular complexity index is 1300. The third-order valence-corrected chi connectivity index (χ3v) is 9.78. The summed E-state index contributed by atoms with van der Waals surface area (Å²) in [6, 6.07) is 7.60. The van der Waals surface area contributed by atoms with Gasteiger partial charge in [-0.25, -0.2) is 18.4 Å². The molecule has 0 fully saturated rings. The maximum Gasteiger partial charge on any atom is 0.341 e. The molecule has 0 aliphatic heterocycles. The van der Waals surface area contributed by atoms with Crippen molar-refractivity contribution in [3.8, 4) is 0 Å². The first-order valence-corrected chi connectivity index (χ1v) is 15.7. The number of esters is 1. The van der Waals surface area contributed by atoms with Crippen LogP contribution in [0, 0.1) is 23.5 Å². The van der Waals surface area contributed by atoms with Gasteiger partial charge in [-0.05, 0) is 74.2 Å². The fourth-order valence-electron chi connectivity index (χ4n) is 3.82. The van der Waals surface area contributed by atoms with Gasteiger partial charge in [0.15, 0.2) is 4.87 Å². The SMILES string of the molecule is CCC(C)C(NC(=O)c1cccc(F)c1SSC(NC(=O)c1cccc(F)c1)(C(=O)O)C(C)CC)C(=O)OC(C)(C)C. The topological polar surface area (TPSA) is 122 Å². The summed E-state index contributed by atoms with van der Waals surface area (Å²) in [7, 11) is 1.34. The molecule has 4 unspecified atom stereocenters. The van der Waals surface area contributed by atoms with Gasteiger partial charge in [-0.15, -0.1) is 0 Å². The average molecular weight is 625 g/mol. The van der Waals surface area contributed by atoms with Crippen molar-refractivity contribution < 1.29 is 37.8 Å². The number of aliphatic carboxylic acids is 1. The predicted molar refractivity (Wildman–Crippen MR) is 160 cm³/mol. The van der Waals surface area contributed by atoms with E-state index in [-0.39, 0.29) is 21.9 Å². The van der Waals surface area contributed by atoms with Gasteiger partial charge < -0.3 is 20.5 Å². The lowest BCUT2D eigenvalue weighted by Gasteiger charge is -2.34. The van der Waals surface area contributed by atoms with Crippen molar-refractivity contribution in [3.05, 3.63) is 65.2 Å². The molecule has 4 atom stereocenters. The highest BCUT2D eigenvalue weighted by Crippen LogP contribution is 2.46. The van der Waals surface area contributed by atoms with Gasteiger partial charge in [-0.1, -0.05) is 57.0 Å². The molecule has 230 valence electrons. The summed E-state index contributed by atoms with van der Waals surface area (Å²) in [5.41, 5.74) is -1.00. The van der Waals surface area contributed by atoms with Gasteiger partial charge in [0, 0.05) is 11.5 Å². The first-order chi connectivity index (χ1) is 19.6. The number of hydrogen-bond acceptors (Lipinski definition) is 7. The Balaban J connectivity index is 2.44. The summed E-state index contributed by atoms with van der Waals surface area (Å²) < 4.78 is 34.4. The molecule has 2 amide bonds. The molecule has 0 bridgehead atoms. The highest BCUT2D eigenvalue weighted by molar-refractivity contribution is 8.77. The quantitative estimate of drug-likeness (QED) is 0.132. The maximum absolute atomic E-state index is 15.2. The van der Waals surface area contributed by atoms with E-state index in [1.807, 2.05) is 6.92 Å². The number of carbonyl (C=O) groups is 4. The number of ether oxygens (including phenoxy) is 1. The van der Waals surface area contributed by atoms with Gasteiger partial charge in [0.25, 0.3) is 11.8 Å². The first kappa shape index (κ1) is 35.1. The Kier molecular flexibility index (Phi) is 12.4. The number of carboxylic acid groups (broad SMARTS) is 1. The van der Waals surface area contributed by atoms with E-state index < -0.39 is 57.8 Å². The van der Waals surface area contributed by atoms with E-state index in [2.05, 4.69) is 10.6 Å². The molecule has 0 saturated heterocycles. The van der Waals surface area contributed by atoms with Crippen LogP contribution in [-0.2, 0) is 14.3 Å². The summed E-state index contributed by atoms with van der Waals surface area (Å²) in [5.74, 6) is -6.04. The van der Waals surface area contributed by atoms with E-state index in [9.17, 15) is 28.7 Å². The molecular weight excluding hydrogens is 586 g/mol. The standard InChI is InChI=1S/C30H38F2N2O6S2/c1-8-17(3)23(27(37)40-29(5,6)7)33-26(36)21-14-11-15-22(32)24(21)41-42-30(28(38)39,18(4)9-2)34-25(35)19-12-10-13-20(31)16-19/h10-18,23H,8-9H2,1-7H3,(H,33,36)(H,34,35)(H,38,39). The van der Waals surface area contributed by atoms with Crippen LogP contribution in [0.15, 0.2) is 47.4 Å². The molecule has 0 aliphatic carbocycles. The average Bonchev–Trinajstić information content (AvgIpc) is 2.92. The number of benzene rings is 2. The monoisotopic (exact) mass is 624 g/mol. The van der Waals surface area contributed by atoms with Crippen LogP contribution < -0.4 is 10.6 Å². The summed E-state index contributed by atoms with van der Waals surface area (Å²) in [6.07, 6.45) is 0.867. The second-order valence-corrected chi connectivity index (χ2v) is 13.4. The minimum atomic E-state index is -1.98. The highest BCUT2D eigenvalue weighted by Gasteiger charge is 2.46. The van der Waals surface area contributed by atoms with Gasteiger partial charge >= 0.3 is 11.9 Å². The molecule has 8 nitrogen and oxygen atoms in total. The second-order valence-electron chi connectivity index (χ2n) is 11.0. The van der Waals surface area contributed by atoms with Crippen molar-refractivity contribution in [2.45, 2.75) is 82.7 Å². The lowest BCUT2D eigenvalue weighted by atomic mass is 9.98. The normalized spacial score (nSPS) is 15.1. The molecule has 0 aromatic heterocycles. The zero-order chi connectivity index (χ0) is 31.8. The number of rotatable bonds is 13. The number of nitrogens with one attached hydrogen (secondary N) is 2. The van der Waals surface area contributed by atoms with Crippen molar-refractivity contribution in [3.63, 3.8) is 0 Å². The van der Waals surface area contributed by atoms with Gasteiger partial charge in [0.1, 0.15) is 23.3 Å². The van der Waals surface area contributed by atoms with Crippen molar-refractivity contribution in [1.29, 1.82) is 0 Å². The van der Waals surface area contributed by atoms with Crippen LogP contribution in [-0.4, -0.2) is 45.4 Å². The number of hydrogen-bond donors (Lipinski definition) is 3. The molecule has 12 heteroatoms. The Morgan fingerprint density at radius 2 is 1.62 bits per heavy atom. The van der Waals surface area contributed by atoms with E-state index in [0.717, 1.165) is 18.2 Å². The van der Waals surface area contributed by atoms with Gasteiger partial charge in [-0.2, -0.15) is 0 Å². The highest BCUT2D eigenvalue weighted by atomic mass is 33.1. The van der Waals surface area contributed by atoms with Crippen LogP contribution in [0.2, 0.25) is 0 Å². The molecule has 42 heavy (non-hydrogen) atoms. The molecule has 0 aliphatic rings. The minimum absolute atomic E-state index is 0.0845. The van der Waals surface area contributed by atoms with Crippen molar-refractivity contribution in [1.82, 2.24) is 10.6 Å². The Hall–Kier alpha value is -3.12. The zero-order valence-electron chi connectivity index (χ0n) is 24.7. The molecule has 0 saturated carbocycles. The number of carbonyl (C=O) groups excluding carboxylic acids is 3. The van der Waals surface area contributed by atoms with Crippen LogP contribution >= 0.6 is 21.6 Å². The Morgan fingerprint density at radius 3 is 2.17 bits per heavy atom. The molecule has 2 aromatic rings. The number of amides is 2. The van der Waals surface area contributed by atoms with E-state index in [1.54, 1.807) is 41.5 Å². The smallest absolute Gasteiger partial charge is 0.341 e. The van der Waals surface area contributed by atoms with E-state index in [0.29, 0.717) is 34.4 Å². The summed E-state index contributed by atoms with van der Waals surface area (Å²) >= 11 is 0. The molecule has 0 spiro atoms. The van der Waals surface area contributed by atoms with Gasteiger partial charge in [0.2, 0.25) is 0 Å². The van der Waals surface area contributed by atoms with Crippen molar-refractivity contribution >= 4 is 45.3 Å². The summed E-state index contributed by atoms with van der Waals surface area (Å²) in [6.45, 7) is 12.1. The lowest BCUT2D eigenvalue weighted by molar-refractivity contribution is -0.158. The molecular formula is C30H38F2N2O6S2. The fourth-order valence-corrected chi connectivity index (χ4v) is 6.95. The van der Waals surface area contributed by atoms with Crippen LogP contribution in [0.25, 0.3) is 0 Å². The van der Waals surface area contributed by atoms with Crippen molar-refractivity contribution in [2.24, 2.45) is 11.8 Å². The molecule has 0 radical (unpaired) electrons. The maximum atomic E-state index is 15.2. The summed E-state index contributed by atoms with van der Waals surface area (Å²) in [4.78, 5) is 49.9. The summed E-state index contributed by atoms with van der Waals surface area (Å²) in [5, 5.41) is 15.5. The largest absolute Gasteiger partial charge is 0.479 e.